The largest absolute Gasteiger partial charge is 0.394 e. The second-order valence-corrected chi connectivity index (χ2v) is 5.51. The molecule has 0 atom stereocenters. The minimum atomic E-state index is 0.629. The predicted octanol–water partition coefficient (Wildman–Crippen LogP) is 4.87. The van der Waals surface area contributed by atoms with Gasteiger partial charge in [-0.2, -0.15) is 0 Å². The summed E-state index contributed by atoms with van der Waals surface area (Å²) in [5.74, 6) is 0. The number of allylic oxidation sites excluding steroid dienone is 1. The van der Waals surface area contributed by atoms with Crippen molar-refractivity contribution in [2.75, 3.05) is 26.2 Å². The van der Waals surface area contributed by atoms with Crippen molar-refractivity contribution >= 4 is 23.4 Å². The van der Waals surface area contributed by atoms with Crippen LogP contribution >= 0.6 is 11.6 Å². The zero-order valence-corrected chi connectivity index (χ0v) is 14.6. The highest BCUT2D eigenvalue weighted by atomic mass is 35.5. The maximum absolute atomic E-state index is 5.89. The zero-order chi connectivity index (χ0) is 16.2. The summed E-state index contributed by atoms with van der Waals surface area (Å²) in [4.78, 5) is 7.78. The lowest BCUT2D eigenvalue weighted by atomic mass is 10.1. The van der Waals surface area contributed by atoms with Gasteiger partial charge < -0.3 is 9.74 Å². The monoisotopic (exact) mass is 322 g/mol. The molecule has 0 fully saturated rings. The summed E-state index contributed by atoms with van der Waals surface area (Å²) >= 11 is 5.89. The molecule has 4 heteroatoms. The van der Waals surface area contributed by atoms with Crippen LogP contribution < -0.4 is 0 Å². The average molecular weight is 323 g/mol. The van der Waals surface area contributed by atoms with Crippen molar-refractivity contribution in [2.24, 2.45) is 5.16 Å². The van der Waals surface area contributed by atoms with E-state index in [0.717, 1.165) is 48.8 Å². The first-order valence-corrected chi connectivity index (χ1v) is 8.42. The van der Waals surface area contributed by atoms with Crippen LogP contribution in [0.25, 0.3) is 6.08 Å². The Kier molecular flexibility index (Phi) is 9.60. The van der Waals surface area contributed by atoms with Crippen LogP contribution in [0.5, 0.6) is 0 Å². The van der Waals surface area contributed by atoms with Gasteiger partial charge in [0.15, 0.2) is 0 Å². The van der Waals surface area contributed by atoms with Gasteiger partial charge in [0.2, 0.25) is 0 Å². The van der Waals surface area contributed by atoms with E-state index in [4.69, 9.17) is 16.4 Å². The van der Waals surface area contributed by atoms with Gasteiger partial charge in [0.25, 0.3) is 0 Å². The van der Waals surface area contributed by atoms with E-state index in [1.807, 2.05) is 36.4 Å². The van der Waals surface area contributed by atoms with Crippen molar-refractivity contribution in [1.82, 2.24) is 4.90 Å². The Hall–Kier alpha value is -1.32. The molecule has 0 saturated heterocycles. The Morgan fingerprint density at radius 1 is 1.18 bits per heavy atom. The van der Waals surface area contributed by atoms with Gasteiger partial charge in [0.1, 0.15) is 6.61 Å². The van der Waals surface area contributed by atoms with Gasteiger partial charge in [-0.05, 0) is 43.3 Å². The maximum Gasteiger partial charge on any atom is 0.129 e. The molecule has 0 saturated carbocycles. The molecule has 22 heavy (non-hydrogen) atoms. The lowest BCUT2D eigenvalue weighted by Crippen LogP contribution is -2.26. The van der Waals surface area contributed by atoms with E-state index in [-0.39, 0.29) is 0 Å². The molecule has 0 aromatic heterocycles. The molecule has 1 aromatic carbocycles. The third-order valence-electron chi connectivity index (χ3n) is 3.42. The minimum Gasteiger partial charge on any atom is -0.394 e. The van der Waals surface area contributed by atoms with Gasteiger partial charge >= 0.3 is 0 Å². The number of benzene rings is 1. The lowest BCUT2D eigenvalue weighted by molar-refractivity contribution is 0.114. The molecule has 0 bridgehead atoms. The van der Waals surface area contributed by atoms with Crippen LogP contribution in [0, 0.1) is 0 Å². The van der Waals surface area contributed by atoms with Gasteiger partial charge in [-0.15, -0.1) is 0 Å². The number of likely N-dealkylation sites (N-methyl/N-ethyl adjacent to an activating group) is 1. The molecule has 1 aromatic rings. The normalized spacial score (nSPS) is 12.3. The standard InChI is InChI=1S/C18H27ClN2O/c1-4-7-18(20-22-15-14-21(5-2)6-3)13-10-16-8-11-17(19)12-9-16/h8-13H,4-7,14-15H2,1-3H3/b13-10?,20-18+. The smallest absolute Gasteiger partial charge is 0.129 e. The van der Waals surface area contributed by atoms with Gasteiger partial charge in [0, 0.05) is 11.6 Å². The van der Waals surface area contributed by atoms with Crippen LogP contribution in [-0.4, -0.2) is 36.9 Å². The van der Waals surface area contributed by atoms with Crippen LogP contribution in [0.2, 0.25) is 5.02 Å². The molecule has 0 heterocycles. The van der Waals surface area contributed by atoms with E-state index in [1.165, 1.54) is 0 Å². The van der Waals surface area contributed by atoms with E-state index < -0.39 is 0 Å². The predicted molar refractivity (Wildman–Crippen MR) is 96.6 cm³/mol. The van der Waals surface area contributed by atoms with E-state index in [9.17, 15) is 0 Å². The first kappa shape index (κ1) is 18.7. The van der Waals surface area contributed by atoms with Gasteiger partial charge in [-0.25, -0.2) is 0 Å². The highest BCUT2D eigenvalue weighted by molar-refractivity contribution is 6.30. The number of oxime groups is 1. The minimum absolute atomic E-state index is 0.629. The third kappa shape index (κ3) is 7.62. The van der Waals surface area contributed by atoms with Crippen molar-refractivity contribution in [3.05, 3.63) is 40.9 Å². The molecular formula is C18H27ClN2O. The topological polar surface area (TPSA) is 24.8 Å². The Bertz CT molecular complexity index is 464. The van der Waals surface area contributed by atoms with Crippen LogP contribution in [0.1, 0.15) is 39.2 Å². The molecule has 0 spiro atoms. The number of hydrogen-bond donors (Lipinski definition) is 0. The molecule has 0 unspecified atom stereocenters. The van der Waals surface area contributed by atoms with Crippen LogP contribution in [-0.2, 0) is 4.84 Å². The Balaban J connectivity index is 2.52. The highest BCUT2D eigenvalue weighted by Crippen LogP contribution is 2.11. The molecule has 0 N–H and O–H groups in total. The van der Waals surface area contributed by atoms with Gasteiger partial charge in [-0.1, -0.05) is 62.2 Å². The van der Waals surface area contributed by atoms with Crippen molar-refractivity contribution in [1.29, 1.82) is 0 Å². The number of rotatable bonds is 10. The number of halogens is 1. The SMILES string of the molecule is CCC/C(C=Cc1ccc(Cl)cc1)=N\OCCN(CC)CC. The van der Waals surface area contributed by atoms with Crippen molar-refractivity contribution in [2.45, 2.75) is 33.6 Å². The lowest BCUT2D eigenvalue weighted by Gasteiger charge is -2.16. The molecule has 0 aliphatic carbocycles. The fraction of sp³-hybridized carbons (Fsp3) is 0.500. The van der Waals surface area contributed by atoms with E-state index in [0.29, 0.717) is 6.61 Å². The quantitative estimate of drug-likeness (QED) is 0.349. The molecule has 0 aliphatic rings. The molecule has 0 amide bonds. The Morgan fingerprint density at radius 3 is 2.45 bits per heavy atom. The molecule has 0 radical (unpaired) electrons. The highest BCUT2D eigenvalue weighted by Gasteiger charge is 1.99. The van der Waals surface area contributed by atoms with Gasteiger partial charge in [-0.3, -0.25) is 0 Å². The Morgan fingerprint density at radius 2 is 1.86 bits per heavy atom. The fourth-order valence-corrected chi connectivity index (χ4v) is 2.15. The Labute approximate surface area is 139 Å². The van der Waals surface area contributed by atoms with Crippen LogP contribution in [0.15, 0.2) is 35.5 Å². The summed E-state index contributed by atoms with van der Waals surface area (Å²) in [5, 5.41) is 5.01. The summed E-state index contributed by atoms with van der Waals surface area (Å²) in [6, 6.07) is 7.75. The third-order valence-corrected chi connectivity index (χ3v) is 3.67. The first-order valence-electron chi connectivity index (χ1n) is 8.04. The van der Waals surface area contributed by atoms with Crippen LogP contribution in [0.4, 0.5) is 0 Å². The van der Waals surface area contributed by atoms with E-state index in [2.05, 4.69) is 30.8 Å². The molecular weight excluding hydrogens is 296 g/mol. The van der Waals surface area contributed by atoms with E-state index in [1.54, 1.807) is 0 Å². The summed E-state index contributed by atoms with van der Waals surface area (Å²) in [6.07, 6.45) is 6.02. The maximum atomic E-state index is 5.89. The first-order chi connectivity index (χ1) is 10.7. The molecule has 1 rings (SSSR count). The molecule has 0 aliphatic heterocycles. The number of nitrogens with zero attached hydrogens (tertiary/aromatic N) is 2. The average Bonchev–Trinajstić information content (AvgIpc) is 2.54. The van der Waals surface area contributed by atoms with E-state index >= 15 is 0 Å². The van der Waals surface area contributed by atoms with Gasteiger partial charge in [0.05, 0.1) is 5.71 Å². The molecule has 122 valence electrons. The number of hydrogen-bond acceptors (Lipinski definition) is 3. The van der Waals surface area contributed by atoms with Crippen LogP contribution in [0.3, 0.4) is 0 Å². The molecule has 3 nitrogen and oxygen atoms in total. The second-order valence-electron chi connectivity index (χ2n) is 5.08. The summed E-state index contributed by atoms with van der Waals surface area (Å²) in [5.41, 5.74) is 2.08. The summed E-state index contributed by atoms with van der Waals surface area (Å²) < 4.78 is 0. The fourth-order valence-electron chi connectivity index (χ4n) is 2.02. The summed E-state index contributed by atoms with van der Waals surface area (Å²) in [6.45, 7) is 10.1. The van der Waals surface area contributed by atoms with Crippen molar-refractivity contribution in [3.63, 3.8) is 0 Å². The van der Waals surface area contributed by atoms with Crippen molar-refractivity contribution in [3.8, 4) is 0 Å². The summed E-state index contributed by atoms with van der Waals surface area (Å²) in [7, 11) is 0. The zero-order valence-electron chi connectivity index (χ0n) is 13.9. The van der Waals surface area contributed by atoms with Crippen molar-refractivity contribution < 1.29 is 4.84 Å². The second kappa shape index (κ2) is 11.3.